The Kier molecular flexibility index (Phi) is 6.39. The second kappa shape index (κ2) is 8.52. The van der Waals surface area contributed by atoms with E-state index >= 15 is 0 Å². The van der Waals surface area contributed by atoms with E-state index in [1.54, 1.807) is 31.4 Å². The highest BCUT2D eigenvalue weighted by Gasteiger charge is 2.25. The molecule has 0 aliphatic carbocycles. The Hall–Kier alpha value is -2.82. The number of hydrogen-bond donors (Lipinski definition) is 2. The molecule has 0 saturated heterocycles. The molecule has 0 unspecified atom stereocenters. The Balaban J connectivity index is 2.10. The minimum atomic E-state index is -0.633. The molecule has 0 heterocycles. The fourth-order valence-corrected chi connectivity index (χ4v) is 2.54. The van der Waals surface area contributed by atoms with E-state index in [1.807, 2.05) is 45.9 Å². The van der Waals surface area contributed by atoms with Crippen LogP contribution in [0.5, 0.6) is 5.75 Å². The number of methoxy groups -OCH3 is 1. The van der Waals surface area contributed by atoms with Crippen LogP contribution in [0.4, 0.5) is 5.69 Å². The van der Waals surface area contributed by atoms with Crippen LogP contribution in [0.25, 0.3) is 0 Å². The Morgan fingerprint density at radius 2 is 1.62 bits per heavy atom. The molecular formula is C21H26N2O3. The van der Waals surface area contributed by atoms with Crippen molar-refractivity contribution in [3.8, 4) is 5.75 Å². The summed E-state index contributed by atoms with van der Waals surface area (Å²) in [6.45, 7) is 7.82. The molecule has 2 rings (SSSR count). The SMILES string of the molecule is COc1ccc(C(=O)N[C@@H](C(=O)Nc2ccc(C)c(C)c2)C(C)C)cc1. The molecule has 5 nitrogen and oxygen atoms in total. The lowest BCUT2D eigenvalue weighted by molar-refractivity contribution is -0.118. The zero-order chi connectivity index (χ0) is 19.3. The summed E-state index contributed by atoms with van der Waals surface area (Å²) in [6.07, 6.45) is 0. The first kappa shape index (κ1) is 19.5. The molecule has 0 fully saturated rings. The third-order valence-corrected chi connectivity index (χ3v) is 4.36. The molecule has 5 heteroatoms. The first-order valence-electron chi connectivity index (χ1n) is 8.65. The fourth-order valence-electron chi connectivity index (χ4n) is 2.54. The van der Waals surface area contributed by atoms with Crippen LogP contribution in [0.3, 0.4) is 0 Å². The van der Waals surface area contributed by atoms with E-state index < -0.39 is 6.04 Å². The van der Waals surface area contributed by atoms with Crippen molar-refractivity contribution in [2.24, 2.45) is 5.92 Å². The number of carbonyl (C=O) groups is 2. The van der Waals surface area contributed by atoms with Gasteiger partial charge in [0.2, 0.25) is 5.91 Å². The van der Waals surface area contributed by atoms with Crippen LogP contribution in [0.1, 0.15) is 35.3 Å². The molecule has 2 aromatic carbocycles. The standard InChI is InChI=1S/C21H26N2O3/c1-13(2)19(21(25)22-17-9-6-14(3)15(4)12-17)23-20(24)16-7-10-18(26-5)11-8-16/h6-13,19H,1-5H3,(H,22,25)(H,23,24)/t19-/m1/s1. The van der Waals surface area contributed by atoms with Crippen LogP contribution < -0.4 is 15.4 Å². The zero-order valence-corrected chi connectivity index (χ0v) is 15.9. The number of ether oxygens (including phenoxy) is 1. The van der Waals surface area contributed by atoms with Gasteiger partial charge in [-0.15, -0.1) is 0 Å². The van der Waals surface area contributed by atoms with Gasteiger partial charge in [0, 0.05) is 11.3 Å². The van der Waals surface area contributed by atoms with Crippen molar-refractivity contribution >= 4 is 17.5 Å². The minimum Gasteiger partial charge on any atom is -0.497 e. The quantitative estimate of drug-likeness (QED) is 0.831. The second-order valence-corrected chi connectivity index (χ2v) is 6.71. The van der Waals surface area contributed by atoms with Gasteiger partial charge < -0.3 is 15.4 Å². The maximum absolute atomic E-state index is 12.7. The molecular weight excluding hydrogens is 328 g/mol. The Labute approximate surface area is 154 Å². The van der Waals surface area contributed by atoms with Gasteiger partial charge in [0.25, 0.3) is 5.91 Å². The Bertz CT molecular complexity index is 782. The molecule has 0 aliphatic heterocycles. The van der Waals surface area contributed by atoms with E-state index in [9.17, 15) is 9.59 Å². The van der Waals surface area contributed by atoms with Gasteiger partial charge in [0.05, 0.1) is 7.11 Å². The molecule has 2 N–H and O–H groups in total. The monoisotopic (exact) mass is 354 g/mol. The summed E-state index contributed by atoms with van der Waals surface area (Å²) in [5, 5.41) is 5.72. The van der Waals surface area contributed by atoms with Gasteiger partial charge in [-0.25, -0.2) is 0 Å². The topological polar surface area (TPSA) is 67.4 Å². The lowest BCUT2D eigenvalue weighted by Crippen LogP contribution is -2.47. The van der Waals surface area contributed by atoms with E-state index in [4.69, 9.17) is 4.74 Å². The average Bonchev–Trinajstić information content (AvgIpc) is 2.62. The first-order valence-corrected chi connectivity index (χ1v) is 8.65. The summed E-state index contributed by atoms with van der Waals surface area (Å²) in [5.74, 6) is 0.102. The van der Waals surface area contributed by atoms with E-state index in [0.29, 0.717) is 11.3 Å². The third-order valence-electron chi connectivity index (χ3n) is 4.36. The summed E-state index contributed by atoms with van der Waals surface area (Å²) in [4.78, 5) is 25.2. The zero-order valence-electron chi connectivity index (χ0n) is 15.9. The number of anilines is 1. The smallest absolute Gasteiger partial charge is 0.251 e. The summed E-state index contributed by atoms with van der Waals surface area (Å²) in [5.41, 5.74) is 3.47. The lowest BCUT2D eigenvalue weighted by atomic mass is 10.0. The van der Waals surface area contributed by atoms with Crippen molar-refractivity contribution in [3.63, 3.8) is 0 Å². The largest absolute Gasteiger partial charge is 0.497 e. The third kappa shape index (κ3) is 4.85. The maximum Gasteiger partial charge on any atom is 0.251 e. The van der Waals surface area contributed by atoms with Gasteiger partial charge in [0.15, 0.2) is 0 Å². The van der Waals surface area contributed by atoms with Crippen LogP contribution in [-0.2, 0) is 4.79 Å². The number of amides is 2. The van der Waals surface area contributed by atoms with Crippen LogP contribution in [0, 0.1) is 19.8 Å². The van der Waals surface area contributed by atoms with Crippen molar-refractivity contribution in [3.05, 3.63) is 59.2 Å². The summed E-state index contributed by atoms with van der Waals surface area (Å²) < 4.78 is 5.10. The average molecular weight is 354 g/mol. The first-order chi connectivity index (χ1) is 12.3. The van der Waals surface area contributed by atoms with E-state index in [0.717, 1.165) is 16.8 Å². The summed E-state index contributed by atoms with van der Waals surface area (Å²) in [7, 11) is 1.57. The van der Waals surface area contributed by atoms with Crippen molar-refractivity contribution in [2.75, 3.05) is 12.4 Å². The van der Waals surface area contributed by atoms with Gasteiger partial charge >= 0.3 is 0 Å². The molecule has 2 amide bonds. The number of rotatable bonds is 6. The summed E-state index contributed by atoms with van der Waals surface area (Å²) >= 11 is 0. The van der Waals surface area contributed by atoms with E-state index in [1.165, 1.54) is 0 Å². The minimum absolute atomic E-state index is 0.0521. The van der Waals surface area contributed by atoms with Crippen molar-refractivity contribution < 1.29 is 14.3 Å². The predicted octanol–water partition coefficient (Wildman–Crippen LogP) is 3.71. The molecule has 0 aromatic heterocycles. The molecule has 26 heavy (non-hydrogen) atoms. The fraction of sp³-hybridized carbons (Fsp3) is 0.333. The number of hydrogen-bond acceptors (Lipinski definition) is 3. The molecule has 0 bridgehead atoms. The molecule has 0 saturated carbocycles. The van der Waals surface area contributed by atoms with E-state index in [-0.39, 0.29) is 17.7 Å². The molecule has 138 valence electrons. The van der Waals surface area contributed by atoms with Gasteiger partial charge in [-0.05, 0) is 67.3 Å². The molecule has 0 radical (unpaired) electrons. The van der Waals surface area contributed by atoms with Crippen LogP contribution in [0.15, 0.2) is 42.5 Å². The highest BCUT2D eigenvalue weighted by molar-refractivity contribution is 6.01. The van der Waals surface area contributed by atoms with Crippen molar-refractivity contribution in [1.29, 1.82) is 0 Å². The van der Waals surface area contributed by atoms with E-state index in [2.05, 4.69) is 10.6 Å². The predicted molar refractivity (Wildman–Crippen MR) is 104 cm³/mol. The van der Waals surface area contributed by atoms with Crippen LogP contribution in [-0.4, -0.2) is 25.0 Å². The number of aryl methyl sites for hydroxylation is 2. The molecule has 1 atom stereocenters. The van der Waals surface area contributed by atoms with Crippen molar-refractivity contribution in [1.82, 2.24) is 5.32 Å². The van der Waals surface area contributed by atoms with Crippen LogP contribution in [0.2, 0.25) is 0 Å². The molecule has 0 aliphatic rings. The summed E-state index contributed by atoms with van der Waals surface area (Å²) in [6, 6.07) is 11.9. The second-order valence-electron chi connectivity index (χ2n) is 6.71. The molecule has 2 aromatic rings. The van der Waals surface area contributed by atoms with Gasteiger partial charge in [-0.2, -0.15) is 0 Å². The van der Waals surface area contributed by atoms with Crippen molar-refractivity contribution in [2.45, 2.75) is 33.7 Å². The van der Waals surface area contributed by atoms with Gasteiger partial charge in [-0.3, -0.25) is 9.59 Å². The van der Waals surface area contributed by atoms with Gasteiger partial charge in [-0.1, -0.05) is 19.9 Å². The number of benzene rings is 2. The highest BCUT2D eigenvalue weighted by atomic mass is 16.5. The maximum atomic E-state index is 12.7. The molecule has 0 spiro atoms. The highest BCUT2D eigenvalue weighted by Crippen LogP contribution is 2.16. The normalized spacial score (nSPS) is 11.8. The lowest BCUT2D eigenvalue weighted by Gasteiger charge is -2.22. The Morgan fingerprint density at radius 3 is 2.15 bits per heavy atom. The van der Waals surface area contributed by atoms with Gasteiger partial charge in [0.1, 0.15) is 11.8 Å². The number of nitrogens with one attached hydrogen (secondary N) is 2. The van der Waals surface area contributed by atoms with Crippen LogP contribution >= 0.6 is 0 Å². The Morgan fingerprint density at radius 1 is 0.962 bits per heavy atom. The number of carbonyl (C=O) groups excluding carboxylic acids is 2.